The van der Waals surface area contributed by atoms with Crippen molar-refractivity contribution >= 4 is 12.0 Å². The molecule has 1 aromatic rings. The highest BCUT2D eigenvalue weighted by molar-refractivity contribution is 5.90. The average molecular weight is 305 g/mol. The molecule has 1 aromatic heterocycles. The number of piperidine rings is 1. The lowest BCUT2D eigenvalue weighted by atomic mass is 9.94. The summed E-state index contributed by atoms with van der Waals surface area (Å²) in [4.78, 5) is 29.4. The smallest absolute Gasteiger partial charge is 0.410 e. The van der Waals surface area contributed by atoms with Crippen molar-refractivity contribution in [2.75, 3.05) is 13.1 Å². The van der Waals surface area contributed by atoms with Crippen molar-refractivity contribution in [2.45, 2.75) is 45.1 Å². The molecule has 2 rings (SSSR count). The number of carbonyl (C=O) groups excluding carboxylic acids is 2. The van der Waals surface area contributed by atoms with E-state index >= 15 is 0 Å². The Morgan fingerprint density at radius 2 is 2.09 bits per heavy atom. The van der Waals surface area contributed by atoms with Crippen molar-refractivity contribution in [1.29, 1.82) is 0 Å². The van der Waals surface area contributed by atoms with E-state index in [0.29, 0.717) is 13.1 Å². The van der Waals surface area contributed by atoms with Crippen LogP contribution >= 0.6 is 0 Å². The van der Waals surface area contributed by atoms with Gasteiger partial charge in [0.15, 0.2) is 0 Å². The Balaban J connectivity index is 2.09. The zero-order valence-corrected chi connectivity index (χ0v) is 13.3. The van der Waals surface area contributed by atoms with E-state index in [1.807, 2.05) is 26.8 Å². The summed E-state index contributed by atoms with van der Waals surface area (Å²) in [5, 5.41) is 0. The van der Waals surface area contributed by atoms with Crippen LogP contribution in [0.2, 0.25) is 0 Å². The zero-order valence-electron chi connectivity index (χ0n) is 13.3. The molecule has 1 aliphatic heterocycles. The summed E-state index contributed by atoms with van der Waals surface area (Å²) in [6, 6.07) is 5.24. The van der Waals surface area contributed by atoms with Crippen molar-refractivity contribution in [2.24, 2.45) is 5.73 Å². The van der Waals surface area contributed by atoms with Crippen LogP contribution in [0.5, 0.6) is 0 Å². The largest absolute Gasteiger partial charge is 0.444 e. The summed E-state index contributed by atoms with van der Waals surface area (Å²) in [6.07, 6.45) is 1.50. The Morgan fingerprint density at radius 1 is 1.36 bits per heavy atom. The molecule has 0 radical (unpaired) electrons. The summed E-state index contributed by atoms with van der Waals surface area (Å²) in [6.45, 7) is 6.78. The second-order valence-corrected chi connectivity index (χ2v) is 6.58. The fraction of sp³-hybridized carbons (Fsp3) is 0.562. The minimum absolute atomic E-state index is 0.0977. The molecule has 1 saturated heterocycles. The number of pyridine rings is 1. The van der Waals surface area contributed by atoms with Gasteiger partial charge in [-0.15, -0.1) is 0 Å². The van der Waals surface area contributed by atoms with Crippen LogP contribution in [0.15, 0.2) is 18.2 Å². The molecule has 6 heteroatoms. The van der Waals surface area contributed by atoms with Gasteiger partial charge in [-0.3, -0.25) is 4.79 Å². The maximum absolute atomic E-state index is 12.2. The molecule has 1 fully saturated rings. The molecular formula is C16H23N3O3. The van der Waals surface area contributed by atoms with Gasteiger partial charge in [-0.2, -0.15) is 0 Å². The van der Waals surface area contributed by atoms with Crippen LogP contribution in [-0.4, -0.2) is 40.6 Å². The summed E-state index contributed by atoms with van der Waals surface area (Å²) in [5.41, 5.74) is 5.82. The molecule has 0 saturated carbocycles. The van der Waals surface area contributed by atoms with Gasteiger partial charge in [0.25, 0.3) is 5.91 Å². The van der Waals surface area contributed by atoms with Gasteiger partial charge in [0.1, 0.15) is 11.3 Å². The van der Waals surface area contributed by atoms with Crippen LogP contribution in [0.4, 0.5) is 4.79 Å². The molecule has 6 nitrogen and oxygen atoms in total. The molecule has 2 heterocycles. The molecule has 0 aliphatic carbocycles. The van der Waals surface area contributed by atoms with Crippen molar-refractivity contribution in [3.05, 3.63) is 29.6 Å². The Bertz CT molecular complexity index is 566. The van der Waals surface area contributed by atoms with Gasteiger partial charge in [0.05, 0.1) is 0 Å². The van der Waals surface area contributed by atoms with Crippen molar-refractivity contribution in [3.63, 3.8) is 0 Å². The standard InChI is InChI=1S/C16H23N3O3/c1-16(2,3)22-15(21)19-9-5-6-11(10-19)12-7-4-8-13(18-12)14(17)20/h4,7-8,11H,5-6,9-10H2,1-3H3,(H2,17,20)/t11-/m1/s1. The maximum atomic E-state index is 12.2. The van der Waals surface area contributed by atoms with Gasteiger partial charge in [0, 0.05) is 24.7 Å². The lowest BCUT2D eigenvalue weighted by Gasteiger charge is -2.34. The summed E-state index contributed by atoms with van der Waals surface area (Å²) in [7, 11) is 0. The van der Waals surface area contributed by atoms with Crippen molar-refractivity contribution < 1.29 is 14.3 Å². The zero-order chi connectivity index (χ0) is 16.3. The third-order valence-corrected chi connectivity index (χ3v) is 3.51. The first-order valence-corrected chi connectivity index (χ1v) is 7.51. The van der Waals surface area contributed by atoms with Crippen LogP contribution < -0.4 is 5.73 Å². The molecule has 1 aliphatic rings. The number of primary amides is 1. The Kier molecular flexibility index (Phi) is 4.68. The number of nitrogens with two attached hydrogens (primary N) is 1. The molecule has 0 unspecified atom stereocenters. The lowest BCUT2D eigenvalue weighted by molar-refractivity contribution is 0.0197. The van der Waals surface area contributed by atoms with E-state index in [9.17, 15) is 9.59 Å². The molecule has 2 amide bonds. The summed E-state index contributed by atoms with van der Waals surface area (Å²) >= 11 is 0. The Labute approximate surface area is 130 Å². The third-order valence-electron chi connectivity index (χ3n) is 3.51. The third kappa shape index (κ3) is 4.19. The van der Waals surface area contributed by atoms with Crippen LogP contribution in [-0.2, 0) is 4.74 Å². The monoisotopic (exact) mass is 305 g/mol. The van der Waals surface area contributed by atoms with E-state index < -0.39 is 11.5 Å². The number of hydrogen-bond donors (Lipinski definition) is 1. The number of ether oxygens (including phenoxy) is 1. The number of nitrogens with zero attached hydrogens (tertiary/aromatic N) is 2. The quantitative estimate of drug-likeness (QED) is 0.908. The first-order chi connectivity index (χ1) is 10.3. The number of hydrogen-bond acceptors (Lipinski definition) is 4. The van der Waals surface area contributed by atoms with Gasteiger partial charge >= 0.3 is 6.09 Å². The number of rotatable bonds is 2. The minimum atomic E-state index is -0.540. The number of likely N-dealkylation sites (tertiary alicyclic amines) is 1. The van der Waals surface area contributed by atoms with Crippen LogP contribution in [0.1, 0.15) is 55.7 Å². The van der Waals surface area contributed by atoms with E-state index in [1.54, 1.807) is 17.0 Å². The fourth-order valence-corrected chi connectivity index (χ4v) is 2.53. The van der Waals surface area contributed by atoms with Crippen LogP contribution in [0.25, 0.3) is 0 Å². The molecule has 120 valence electrons. The normalized spacial score (nSPS) is 18.9. The second kappa shape index (κ2) is 6.34. The summed E-state index contributed by atoms with van der Waals surface area (Å²) < 4.78 is 5.42. The highest BCUT2D eigenvalue weighted by atomic mass is 16.6. The van der Waals surface area contributed by atoms with E-state index in [0.717, 1.165) is 18.5 Å². The van der Waals surface area contributed by atoms with Crippen molar-refractivity contribution in [3.8, 4) is 0 Å². The molecular weight excluding hydrogens is 282 g/mol. The minimum Gasteiger partial charge on any atom is -0.444 e. The topological polar surface area (TPSA) is 85.5 Å². The Hall–Kier alpha value is -2.11. The first kappa shape index (κ1) is 16.3. The molecule has 22 heavy (non-hydrogen) atoms. The first-order valence-electron chi connectivity index (χ1n) is 7.51. The highest BCUT2D eigenvalue weighted by Crippen LogP contribution is 2.26. The number of carbonyl (C=O) groups is 2. The SMILES string of the molecule is CC(C)(C)OC(=O)N1CCC[C@@H](c2cccc(C(N)=O)n2)C1. The lowest BCUT2D eigenvalue weighted by Crippen LogP contribution is -2.42. The van der Waals surface area contributed by atoms with E-state index in [4.69, 9.17) is 10.5 Å². The van der Waals surface area contributed by atoms with Gasteiger partial charge in [-0.1, -0.05) is 6.07 Å². The van der Waals surface area contributed by atoms with E-state index in [2.05, 4.69) is 4.98 Å². The second-order valence-electron chi connectivity index (χ2n) is 6.58. The van der Waals surface area contributed by atoms with Gasteiger partial charge in [-0.25, -0.2) is 9.78 Å². The molecule has 0 aromatic carbocycles. The van der Waals surface area contributed by atoms with Crippen molar-refractivity contribution in [1.82, 2.24) is 9.88 Å². The van der Waals surface area contributed by atoms with Crippen LogP contribution in [0.3, 0.4) is 0 Å². The van der Waals surface area contributed by atoms with Gasteiger partial charge in [-0.05, 0) is 45.7 Å². The highest BCUT2D eigenvalue weighted by Gasteiger charge is 2.29. The molecule has 0 bridgehead atoms. The van der Waals surface area contributed by atoms with E-state index in [1.165, 1.54) is 0 Å². The average Bonchev–Trinajstić information content (AvgIpc) is 2.46. The van der Waals surface area contributed by atoms with E-state index in [-0.39, 0.29) is 17.7 Å². The summed E-state index contributed by atoms with van der Waals surface area (Å²) in [5.74, 6) is -0.442. The number of amides is 2. The molecule has 0 spiro atoms. The fourth-order valence-electron chi connectivity index (χ4n) is 2.53. The molecule has 1 atom stereocenters. The Morgan fingerprint density at radius 3 is 2.73 bits per heavy atom. The maximum Gasteiger partial charge on any atom is 0.410 e. The van der Waals surface area contributed by atoms with Crippen LogP contribution in [0, 0.1) is 0 Å². The predicted molar refractivity (Wildman–Crippen MR) is 82.5 cm³/mol. The number of aromatic nitrogens is 1. The van der Waals surface area contributed by atoms with Gasteiger partial charge in [0.2, 0.25) is 0 Å². The predicted octanol–water partition coefficient (Wildman–Crippen LogP) is 2.29. The molecule has 2 N–H and O–H groups in total. The van der Waals surface area contributed by atoms with Gasteiger partial charge < -0.3 is 15.4 Å².